The van der Waals surface area contributed by atoms with E-state index in [1.54, 1.807) is 25.3 Å². The topological polar surface area (TPSA) is 89.5 Å². The molecule has 7 nitrogen and oxygen atoms in total. The monoisotopic (exact) mass is 481 g/mol. The van der Waals surface area contributed by atoms with E-state index in [4.69, 9.17) is 10.1 Å². The van der Waals surface area contributed by atoms with E-state index in [0.717, 1.165) is 18.7 Å². The van der Waals surface area contributed by atoms with Crippen LogP contribution < -0.4 is 16.0 Å². The van der Waals surface area contributed by atoms with Crippen molar-refractivity contribution in [2.75, 3.05) is 38.7 Å². The number of halogens is 1. The maximum absolute atomic E-state index is 14.3. The molecule has 2 amide bonds. The van der Waals surface area contributed by atoms with Gasteiger partial charge in [0.15, 0.2) is 0 Å². The number of urea groups is 1. The van der Waals surface area contributed by atoms with Crippen molar-refractivity contribution in [2.24, 2.45) is 5.41 Å². The number of nitrogens with one attached hydrogen (secondary N) is 4. The molecule has 0 aliphatic carbocycles. The Morgan fingerprint density at radius 2 is 1.83 bits per heavy atom. The Bertz CT molecular complexity index is 1040. The molecular weight excluding hydrogens is 445 g/mol. The van der Waals surface area contributed by atoms with Gasteiger partial charge < -0.3 is 20.8 Å². The Balaban J connectivity index is 1.77. The Hall–Kier alpha value is -3.23. The molecule has 35 heavy (non-hydrogen) atoms. The van der Waals surface area contributed by atoms with Gasteiger partial charge in [-0.2, -0.15) is 0 Å². The molecule has 1 heterocycles. The Morgan fingerprint density at radius 1 is 1.14 bits per heavy atom. The highest BCUT2D eigenvalue weighted by Gasteiger charge is 2.34. The van der Waals surface area contributed by atoms with Crippen molar-refractivity contribution in [3.8, 4) is 0 Å². The number of amides is 2. The predicted octanol–water partition coefficient (Wildman–Crippen LogP) is 4.56. The van der Waals surface area contributed by atoms with Crippen LogP contribution in [0, 0.1) is 16.6 Å². The van der Waals surface area contributed by atoms with Gasteiger partial charge in [-0.15, -0.1) is 0 Å². The molecule has 188 valence electrons. The first-order valence-electron chi connectivity index (χ1n) is 11.8. The van der Waals surface area contributed by atoms with Crippen LogP contribution in [0.15, 0.2) is 66.5 Å². The summed E-state index contributed by atoms with van der Waals surface area (Å²) >= 11 is 0. The highest BCUT2D eigenvalue weighted by molar-refractivity contribution is 5.97. The normalized spacial score (nSPS) is 18.8. The molecule has 8 heteroatoms. The second-order valence-corrected chi connectivity index (χ2v) is 9.80. The van der Waals surface area contributed by atoms with Gasteiger partial charge in [0.25, 0.3) is 0 Å². The average Bonchev–Trinajstić information content (AvgIpc) is 3.21. The fourth-order valence-corrected chi connectivity index (χ4v) is 3.97. The van der Waals surface area contributed by atoms with Crippen molar-refractivity contribution < 1.29 is 13.9 Å². The first kappa shape index (κ1) is 26.4. The van der Waals surface area contributed by atoms with Crippen LogP contribution in [-0.4, -0.2) is 56.0 Å². The molecule has 2 aromatic carbocycles. The van der Waals surface area contributed by atoms with E-state index >= 15 is 0 Å². The third kappa shape index (κ3) is 7.63. The van der Waals surface area contributed by atoms with Gasteiger partial charge >= 0.3 is 6.03 Å². The number of para-hydroxylation sites is 1. The van der Waals surface area contributed by atoms with Crippen molar-refractivity contribution >= 4 is 17.4 Å². The summed E-state index contributed by atoms with van der Waals surface area (Å²) in [4.78, 5) is 15.4. The number of methoxy groups -OCH3 is 1. The number of carbonyl (C=O) groups excluding carboxylic acids is 1. The molecule has 4 N–H and O–H groups in total. The first-order chi connectivity index (χ1) is 16.7. The van der Waals surface area contributed by atoms with Gasteiger partial charge in [0, 0.05) is 49.9 Å². The van der Waals surface area contributed by atoms with Crippen LogP contribution in [0.25, 0.3) is 0 Å². The minimum Gasteiger partial charge on any atom is -0.383 e. The lowest BCUT2D eigenvalue weighted by Crippen LogP contribution is -2.46. The maximum atomic E-state index is 14.3. The minimum atomic E-state index is -0.448. The zero-order valence-electron chi connectivity index (χ0n) is 20.9. The van der Waals surface area contributed by atoms with Crippen molar-refractivity contribution in [3.05, 3.63) is 77.9 Å². The number of hydrogen-bond donors (Lipinski definition) is 4. The van der Waals surface area contributed by atoms with E-state index < -0.39 is 17.3 Å². The predicted molar refractivity (Wildman–Crippen MR) is 138 cm³/mol. The minimum absolute atomic E-state index is 0.119. The van der Waals surface area contributed by atoms with Crippen LogP contribution in [0.1, 0.15) is 32.3 Å². The average molecular weight is 482 g/mol. The Labute approximate surface area is 207 Å². The summed E-state index contributed by atoms with van der Waals surface area (Å²) in [6.45, 7) is 8.62. The van der Waals surface area contributed by atoms with E-state index in [2.05, 4.69) is 33.0 Å². The third-order valence-electron chi connectivity index (χ3n) is 6.04. The van der Waals surface area contributed by atoms with Crippen molar-refractivity contribution in [1.29, 1.82) is 5.41 Å². The molecule has 0 spiro atoms. The molecule has 2 aromatic rings. The molecule has 1 aliphatic rings. The largest absolute Gasteiger partial charge is 0.383 e. The molecule has 1 fully saturated rings. The SMILES string of the molecule is COCCN1C[C@@H](NC(=O)N/C(=C/C(=N)C(C)(C)C)Nc2ccccc2F)[C@H](c2ccccc2)C1. The standard InChI is InChI=1S/C27H36FN5O2/c1-27(2,3)24(29)16-25(30-22-13-9-8-12-21(22)28)32-26(34)31-23-18-33(14-15-35-4)17-20(23)19-10-6-5-7-11-19/h5-13,16,20,23,29-30H,14-15,17-18H2,1-4H3,(H2,31,32,34)/b25-16+,29-24?/t20-,23+/m0/s1. The van der Waals surface area contributed by atoms with Gasteiger partial charge in [-0.3, -0.25) is 10.2 Å². The van der Waals surface area contributed by atoms with Crippen LogP contribution in [0.4, 0.5) is 14.9 Å². The summed E-state index contributed by atoms with van der Waals surface area (Å²) in [6.07, 6.45) is 1.53. The zero-order valence-corrected chi connectivity index (χ0v) is 20.9. The summed E-state index contributed by atoms with van der Waals surface area (Å²) < 4.78 is 19.5. The van der Waals surface area contributed by atoms with Crippen LogP contribution in [-0.2, 0) is 4.74 Å². The number of anilines is 1. The van der Waals surface area contributed by atoms with Crippen molar-refractivity contribution in [1.82, 2.24) is 15.5 Å². The number of rotatable bonds is 9. The summed E-state index contributed by atoms with van der Waals surface area (Å²) in [7, 11) is 1.68. The van der Waals surface area contributed by atoms with Crippen molar-refractivity contribution in [3.63, 3.8) is 0 Å². The van der Waals surface area contributed by atoms with Gasteiger partial charge in [0.1, 0.15) is 11.6 Å². The molecule has 0 radical (unpaired) electrons. The van der Waals surface area contributed by atoms with Crippen LogP contribution in [0.2, 0.25) is 0 Å². The Kier molecular flexibility index (Phi) is 9.01. The fraction of sp³-hybridized carbons (Fsp3) is 0.407. The summed E-state index contributed by atoms with van der Waals surface area (Å²) in [6, 6.07) is 15.8. The van der Waals surface area contributed by atoms with E-state index in [9.17, 15) is 9.18 Å². The van der Waals surface area contributed by atoms with Crippen LogP contribution in [0.5, 0.6) is 0 Å². The molecular formula is C27H36FN5O2. The van der Waals surface area contributed by atoms with Gasteiger partial charge in [-0.25, -0.2) is 9.18 Å². The molecule has 0 bridgehead atoms. The zero-order chi connectivity index (χ0) is 25.4. The molecule has 0 saturated carbocycles. The lowest BCUT2D eigenvalue weighted by Gasteiger charge is -2.23. The van der Waals surface area contributed by atoms with E-state index in [0.29, 0.717) is 18.9 Å². The van der Waals surface area contributed by atoms with Crippen LogP contribution in [0.3, 0.4) is 0 Å². The highest BCUT2D eigenvalue weighted by atomic mass is 19.1. The number of allylic oxidation sites excluding steroid dienone is 1. The van der Waals surface area contributed by atoms with E-state index in [1.165, 1.54) is 12.1 Å². The second-order valence-electron chi connectivity index (χ2n) is 9.80. The number of likely N-dealkylation sites (tertiary alicyclic amines) is 1. The molecule has 3 rings (SSSR count). The lowest BCUT2D eigenvalue weighted by atomic mass is 9.90. The summed E-state index contributed by atoms with van der Waals surface area (Å²) in [5.74, 6) is -0.0896. The van der Waals surface area contributed by atoms with Gasteiger partial charge in [0.05, 0.1) is 18.3 Å². The second kappa shape index (κ2) is 12.0. The number of nitrogens with zero attached hydrogens (tertiary/aromatic N) is 1. The fourth-order valence-electron chi connectivity index (χ4n) is 3.97. The third-order valence-corrected chi connectivity index (χ3v) is 6.04. The maximum Gasteiger partial charge on any atom is 0.320 e. The van der Waals surface area contributed by atoms with E-state index in [-0.39, 0.29) is 23.5 Å². The van der Waals surface area contributed by atoms with E-state index in [1.807, 2.05) is 39.0 Å². The lowest BCUT2D eigenvalue weighted by molar-refractivity contribution is 0.159. The van der Waals surface area contributed by atoms with Gasteiger partial charge in [0.2, 0.25) is 0 Å². The quantitative estimate of drug-likeness (QED) is 0.396. The molecule has 0 aromatic heterocycles. The number of ether oxygens (including phenoxy) is 1. The summed E-state index contributed by atoms with van der Waals surface area (Å²) in [5, 5.41) is 17.2. The summed E-state index contributed by atoms with van der Waals surface area (Å²) in [5.41, 5.74) is 1.24. The molecule has 0 unspecified atom stereocenters. The highest BCUT2D eigenvalue weighted by Crippen LogP contribution is 2.27. The smallest absolute Gasteiger partial charge is 0.320 e. The molecule has 1 saturated heterocycles. The number of carbonyl (C=O) groups is 1. The van der Waals surface area contributed by atoms with Crippen molar-refractivity contribution in [2.45, 2.75) is 32.7 Å². The van der Waals surface area contributed by atoms with Crippen LogP contribution >= 0.6 is 0 Å². The molecule has 2 atom stereocenters. The van der Waals surface area contributed by atoms with Gasteiger partial charge in [-0.05, 0) is 17.7 Å². The Morgan fingerprint density at radius 3 is 2.49 bits per heavy atom. The molecule has 1 aliphatic heterocycles. The first-order valence-corrected chi connectivity index (χ1v) is 11.8. The number of benzene rings is 2. The van der Waals surface area contributed by atoms with Gasteiger partial charge in [-0.1, -0.05) is 63.2 Å². The number of hydrogen-bond acceptors (Lipinski definition) is 5.